The molecule has 1 fully saturated rings. The molecular formula is C29H25FN8O. The Labute approximate surface area is 223 Å². The van der Waals surface area contributed by atoms with Crippen LogP contribution in [0.15, 0.2) is 61.2 Å². The number of benzene rings is 1. The van der Waals surface area contributed by atoms with E-state index in [9.17, 15) is 4.39 Å². The molecule has 9 nitrogen and oxygen atoms in total. The Balaban J connectivity index is 1.28. The average molecular weight is 521 g/mol. The van der Waals surface area contributed by atoms with Gasteiger partial charge in [0.15, 0.2) is 11.5 Å². The number of aromatic nitrogens is 7. The maximum absolute atomic E-state index is 14.2. The lowest BCUT2D eigenvalue weighted by Crippen LogP contribution is -2.18. The summed E-state index contributed by atoms with van der Waals surface area (Å²) in [6, 6.07) is 10.6. The molecule has 0 bridgehead atoms. The molecule has 0 unspecified atom stereocenters. The number of fused-ring (bicyclic) bond motifs is 2. The lowest BCUT2D eigenvalue weighted by atomic mass is 10.1. The molecule has 1 saturated heterocycles. The second kappa shape index (κ2) is 9.55. The van der Waals surface area contributed by atoms with Gasteiger partial charge in [-0.1, -0.05) is 0 Å². The van der Waals surface area contributed by atoms with Crippen molar-refractivity contribution in [3.8, 4) is 39.7 Å². The van der Waals surface area contributed by atoms with Crippen molar-refractivity contribution in [1.29, 1.82) is 0 Å². The standard InChI is InChI=1S/C29H25FN8O/c1-39-21-10-18(9-20(30)11-21)22-14-32-15-25-26(22)35-29(34-25)28-27-24(36-37-28)5-4-23(33-27)19-8-17(12-31-13-19)16-38-6-2-3-7-38/h4-5,8-15H,2-3,6-7,16H2,1H3,(H,34,35)(H,36,37). The van der Waals surface area contributed by atoms with Gasteiger partial charge in [-0.25, -0.2) is 14.4 Å². The number of halogens is 1. The molecular weight excluding hydrogens is 495 g/mol. The highest BCUT2D eigenvalue weighted by Gasteiger charge is 2.18. The van der Waals surface area contributed by atoms with Crippen LogP contribution in [0.5, 0.6) is 5.75 Å². The fourth-order valence-electron chi connectivity index (χ4n) is 5.23. The number of nitrogens with one attached hydrogen (secondary N) is 2. The molecule has 194 valence electrons. The molecule has 1 aliphatic rings. The monoisotopic (exact) mass is 520 g/mol. The number of H-pyrrole nitrogens is 2. The van der Waals surface area contributed by atoms with Crippen LogP contribution >= 0.6 is 0 Å². The van der Waals surface area contributed by atoms with Crippen LogP contribution in [-0.2, 0) is 6.54 Å². The first kappa shape index (κ1) is 23.4. The van der Waals surface area contributed by atoms with Crippen molar-refractivity contribution in [2.75, 3.05) is 20.2 Å². The minimum Gasteiger partial charge on any atom is -0.497 e. The van der Waals surface area contributed by atoms with Crippen LogP contribution in [0.25, 0.3) is 56.0 Å². The molecule has 6 heterocycles. The van der Waals surface area contributed by atoms with Gasteiger partial charge in [-0.15, -0.1) is 0 Å². The van der Waals surface area contributed by atoms with Gasteiger partial charge >= 0.3 is 0 Å². The highest BCUT2D eigenvalue weighted by Crippen LogP contribution is 2.33. The number of imidazole rings is 1. The molecule has 10 heteroatoms. The molecule has 0 radical (unpaired) electrons. The van der Waals surface area contributed by atoms with Crippen LogP contribution in [0.3, 0.4) is 0 Å². The molecule has 0 spiro atoms. The quantitative estimate of drug-likeness (QED) is 0.304. The van der Waals surface area contributed by atoms with Gasteiger partial charge in [0.25, 0.3) is 0 Å². The van der Waals surface area contributed by atoms with E-state index in [1.165, 1.54) is 37.6 Å². The molecule has 1 aliphatic heterocycles. The zero-order chi connectivity index (χ0) is 26.3. The summed E-state index contributed by atoms with van der Waals surface area (Å²) in [7, 11) is 1.51. The lowest BCUT2D eigenvalue weighted by molar-refractivity contribution is 0.331. The molecule has 5 aromatic heterocycles. The second-order valence-electron chi connectivity index (χ2n) is 9.78. The van der Waals surface area contributed by atoms with Crippen molar-refractivity contribution in [3.63, 3.8) is 0 Å². The molecule has 0 aliphatic carbocycles. The molecule has 6 aromatic rings. The van der Waals surface area contributed by atoms with E-state index in [2.05, 4.69) is 36.1 Å². The van der Waals surface area contributed by atoms with Crippen LogP contribution in [0.4, 0.5) is 4.39 Å². The van der Waals surface area contributed by atoms with Crippen molar-refractivity contribution in [3.05, 3.63) is 72.6 Å². The normalized spacial score (nSPS) is 14.0. The summed E-state index contributed by atoms with van der Waals surface area (Å²) in [5.41, 5.74) is 7.68. The van der Waals surface area contributed by atoms with Gasteiger partial charge in [0.1, 0.15) is 17.1 Å². The van der Waals surface area contributed by atoms with Gasteiger partial charge in [-0.05, 0) is 67.4 Å². The summed E-state index contributed by atoms with van der Waals surface area (Å²) in [5.74, 6) is 0.567. The van der Waals surface area contributed by atoms with E-state index in [1.807, 2.05) is 24.5 Å². The van der Waals surface area contributed by atoms with Crippen molar-refractivity contribution in [2.45, 2.75) is 19.4 Å². The maximum atomic E-state index is 14.2. The molecule has 7 rings (SSSR count). The van der Waals surface area contributed by atoms with E-state index in [-0.39, 0.29) is 0 Å². The zero-order valence-corrected chi connectivity index (χ0v) is 21.3. The molecule has 2 N–H and O–H groups in total. The Morgan fingerprint density at radius 2 is 1.77 bits per heavy atom. The topological polar surface area (TPSA) is 108 Å². The summed E-state index contributed by atoms with van der Waals surface area (Å²) in [5, 5.41) is 7.58. The molecule has 1 aromatic carbocycles. The van der Waals surface area contributed by atoms with Crippen molar-refractivity contribution in [2.24, 2.45) is 0 Å². The van der Waals surface area contributed by atoms with Gasteiger partial charge in [0.05, 0.1) is 35.6 Å². The van der Waals surface area contributed by atoms with Crippen molar-refractivity contribution in [1.82, 2.24) is 40.0 Å². The molecule has 39 heavy (non-hydrogen) atoms. The number of aromatic amines is 2. The first-order valence-corrected chi connectivity index (χ1v) is 12.9. The van der Waals surface area contributed by atoms with E-state index in [0.29, 0.717) is 44.9 Å². The predicted molar refractivity (Wildman–Crippen MR) is 146 cm³/mol. The van der Waals surface area contributed by atoms with Crippen LogP contribution in [0.2, 0.25) is 0 Å². The third-order valence-electron chi connectivity index (χ3n) is 7.14. The summed E-state index contributed by atoms with van der Waals surface area (Å²) in [4.78, 5) is 24.4. The van der Waals surface area contributed by atoms with Gasteiger partial charge in [0.2, 0.25) is 0 Å². The highest BCUT2D eigenvalue weighted by molar-refractivity contribution is 5.96. The summed E-state index contributed by atoms with van der Waals surface area (Å²) >= 11 is 0. The molecule has 0 amide bonds. The Morgan fingerprint density at radius 1 is 0.897 bits per heavy atom. The van der Waals surface area contributed by atoms with Gasteiger partial charge in [-0.2, -0.15) is 5.10 Å². The largest absolute Gasteiger partial charge is 0.497 e. The lowest BCUT2D eigenvalue weighted by Gasteiger charge is -2.14. The predicted octanol–water partition coefficient (Wildman–Crippen LogP) is 5.37. The van der Waals surface area contributed by atoms with E-state index in [4.69, 9.17) is 14.7 Å². The van der Waals surface area contributed by atoms with Gasteiger partial charge in [-0.3, -0.25) is 20.0 Å². The molecule has 0 saturated carbocycles. The average Bonchev–Trinajstić information content (AvgIpc) is 3.72. The number of rotatable bonds is 6. The van der Waals surface area contributed by atoms with Gasteiger partial charge in [0, 0.05) is 42.3 Å². The minimum atomic E-state index is -0.397. The Kier molecular flexibility index (Phi) is 5.74. The van der Waals surface area contributed by atoms with Crippen LogP contribution in [0.1, 0.15) is 18.4 Å². The van der Waals surface area contributed by atoms with Crippen molar-refractivity contribution >= 4 is 22.1 Å². The SMILES string of the molecule is COc1cc(F)cc(-c2cncc3[nH]c(-c4n[nH]c5ccc(-c6cncc(CN7CCCC7)c6)nc45)nc23)c1. The second-order valence-corrected chi connectivity index (χ2v) is 9.78. The number of nitrogens with zero attached hydrogens (tertiary/aromatic N) is 6. The highest BCUT2D eigenvalue weighted by atomic mass is 19.1. The first-order valence-electron chi connectivity index (χ1n) is 12.9. The molecule has 0 atom stereocenters. The van der Waals surface area contributed by atoms with Crippen LogP contribution < -0.4 is 4.74 Å². The zero-order valence-electron chi connectivity index (χ0n) is 21.3. The fourth-order valence-corrected chi connectivity index (χ4v) is 5.23. The number of likely N-dealkylation sites (tertiary alicyclic amines) is 1. The Bertz CT molecular complexity index is 1820. The maximum Gasteiger partial charge on any atom is 0.161 e. The third kappa shape index (κ3) is 4.38. The van der Waals surface area contributed by atoms with Crippen molar-refractivity contribution < 1.29 is 9.13 Å². The fraction of sp³-hybridized carbons (Fsp3) is 0.207. The number of hydrogen-bond donors (Lipinski definition) is 2. The Hall–Kier alpha value is -4.70. The van der Waals surface area contributed by atoms with Gasteiger partial charge < -0.3 is 9.72 Å². The number of methoxy groups -OCH3 is 1. The number of hydrogen-bond acceptors (Lipinski definition) is 7. The summed E-state index contributed by atoms with van der Waals surface area (Å²) < 4.78 is 19.5. The van der Waals surface area contributed by atoms with E-state index in [0.717, 1.165) is 36.4 Å². The smallest absolute Gasteiger partial charge is 0.161 e. The summed E-state index contributed by atoms with van der Waals surface area (Å²) in [6.07, 6.45) is 9.64. The van der Waals surface area contributed by atoms with Crippen LogP contribution in [-0.4, -0.2) is 60.2 Å². The number of ether oxygens (including phenoxy) is 1. The summed E-state index contributed by atoms with van der Waals surface area (Å²) in [6.45, 7) is 3.16. The van der Waals surface area contributed by atoms with E-state index >= 15 is 0 Å². The Morgan fingerprint density at radius 3 is 2.64 bits per heavy atom. The van der Waals surface area contributed by atoms with E-state index < -0.39 is 5.82 Å². The first-order chi connectivity index (χ1) is 19.1. The van der Waals surface area contributed by atoms with E-state index in [1.54, 1.807) is 18.5 Å². The number of pyridine rings is 3. The van der Waals surface area contributed by atoms with Crippen LogP contribution in [0, 0.1) is 5.82 Å². The minimum absolute atomic E-state index is 0.397. The third-order valence-corrected chi connectivity index (χ3v) is 7.14.